The van der Waals surface area contributed by atoms with Gasteiger partial charge in [0, 0.05) is 10.6 Å². The number of benzene rings is 1. The average molecular weight is 326 g/mol. The molecule has 0 aliphatic rings. The van der Waals surface area contributed by atoms with Gasteiger partial charge in [0.2, 0.25) is 0 Å². The zero-order chi connectivity index (χ0) is 12.6. The third-order valence-corrected chi connectivity index (χ3v) is 4.68. The predicted octanol–water partition coefficient (Wildman–Crippen LogP) is 6.34. The van der Waals surface area contributed by atoms with Crippen LogP contribution in [0.15, 0.2) is 24.3 Å². The molecule has 0 saturated carbocycles. The van der Waals surface area contributed by atoms with Crippen molar-refractivity contribution in [1.29, 1.82) is 0 Å². The molecular weight excluding hydrogens is 318 g/mol. The fraction of sp³-hybridized carbons (Fsp3) is 0.167. The lowest BCUT2D eigenvalue weighted by atomic mass is 10.0. The fourth-order valence-electron chi connectivity index (χ4n) is 1.62. The molecule has 1 atom stereocenters. The summed E-state index contributed by atoms with van der Waals surface area (Å²) in [4.78, 5) is 0. The van der Waals surface area contributed by atoms with Gasteiger partial charge in [0.25, 0.3) is 0 Å². The van der Waals surface area contributed by atoms with Crippen molar-refractivity contribution in [2.24, 2.45) is 0 Å². The molecule has 90 valence electrons. The first-order chi connectivity index (χ1) is 7.99. The summed E-state index contributed by atoms with van der Waals surface area (Å²) >= 11 is 25.7. The van der Waals surface area contributed by atoms with Crippen molar-refractivity contribution < 1.29 is 0 Å². The molecule has 0 saturated heterocycles. The number of aryl methyl sites for hydroxylation is 1. The molecule has 1 unspecified atom stereocenters. The van der Waals surface area contributed by atoms with E-state index < -0.39 is 0 Å². The maximum Gasteiger partial charge on any atom is 0.0994 e. The van der Waals surface area contributed by atoms with Crippen LogP contribution in [0.4, 0.5) is 0 Å². The zero-order valence-corrected chi connectivity index (χ0v) is 12.6. The van der Waals surface area contributed by atoms with Crippen molar-refractivity contribution in [3.05, 3.63) is 54.7 Å². The van der Waals surface area contributed by atoms with Crippen molar-refractivity contribution in [1.82, 2.24) is 0 Å². The van der Waals surface area contributed by atoms with E-state index in [9.17, 15) is 0 Å². The Morgan fingerprint density at radius 2 is 1.76 bits per heavy atom. The lowest BCUT2D eigenvalue weighted by molar-refractivity contribution is 1.12. The molecule has 2 aromatic rings. The van der Waals surface area contributed by atoms with E-state index >= 15 is 0 Å². The summed E-state index contributed by atoms with van der Waals surface area (Å²) in [6.07, 6.45) is 0. The maximum absolute atomic E-state index is 6.43. The van der Waals surface area contributed by atoms with Gasteiger partial charge in [0.05, 0.1) is 14.0 Å². The lowest BCUT2D eigenvalue weighted by Gasteiger charge is -2.12. The van der Waals surface area contributed by atoms with Crippen LogP contribution in [-0.4, -0.2) is 0 Å². The second-order valence-corrected chi connectivity index (χ2v) is 6.80. The quantitative estimate of drug-likeness (QED) is 0.565. The van der Waals surface area contributed by atoms with Crippen LogP contribution in [-0.2, 0) is 0 Å². The average Bonchev–Trinajstić information content (AvgIpc) is 2.57. The molecule has 0 fully saturated rings. The summed E-state index contributed by atoms with van der Waals surface area (Å²) in [5.74, 6) is 0. The molecule has 2 rings (SSSR count). The molecule has 0 amide bonds. The predicted molar refractivity (Wildman–Crippen MR) is 78.2 cm³/mol. The van der Waals surface area contributed by atoms with E-state index in [0.29, 0.717) is 13.7 Å². The summed E-state index contributed by atoms with van der Waals surface area (Å²) in [6, 6.07) is 7.42. The van der Waals surface area contributed by atoms with E-state index in [-0.39, 0.29) is 5.38 Å². The molecule has 1 aromatic carbocycles. The topological polar surface area (TPSA) is 0 Å². The van der Waals surface area contributed by atoms with Crippen LogP contribution in [0.1, 0.15) is 22.1 Å². The van der Waals surface area contributed by atoms with Gasteiger partial charge in [-0.2, -0.15) is 0 Å². The number of hydrogen-bond acceptors (Lipinski definition) is 1. The van der Waals surface area contributed by atoms with E-state index in [4.69, 9.17) is 46.4 Å². The normalized spacial score (nSPS) is 12.8. The number of hydrogen-bond donors (Lipinski definition) is 0. The molecule has 0 radical (unpaired) electrons. The van der Waals surface area contributed by atoms with Crippen molar-refractivity contribution >= 4 is 57.7 Å². The van der Waals surface area contributed by atoms with Gasteiger partial charge in [-0.3, -0.25) is 0 Å². The third kappa shape index (κ3) is 2.91. The van der Waals surface area contributed by atoms with Crippen LogP contribution in [0.25, 0.3) is 0 Å². The van der Waals surface area contributed by atoms with E-state index in [0.717, 1.165) is 16.7 Å². The Balaban J connectivity index is 2.43. The Hall–Kier alpha value is 0.0800. The minimum absolute atomic E-state index is 0.302. The first kappa shape index (κ1) is 13.5. The number of alkyl halides is 1. The molecule has 17 heavy (non-hydrogen) atoms. The molecule has 0 aliphatic carbocycles. The van der Waals surface area contributed by atoms with Crippen LogP contribution in [0.5, 0.6) is 0 Å². The molecule has 0 aliphatic heterocycles. The molecule has 1 heterocycles. The van der Waals surface area contributed by atoms with Gasteiger partial charge in [-0.15, -0.1) is 22.9 Å². The van der Waals surface area contributed by atoms with Crippen LogP contribution in [0.3, 0.4) is 0 Å². The highest BCUT2D eigenvalue weighted by atomic mass is 35.5. The van der Waals surface area contributed by atoms with E-state index in [1.807, 2.05) is 25.1 Å². The number of thiophene rings is 1. The minimum Gasteiger partial charge on any atom is -0.112 e. The molecule has 0 N–H and O–H groups in total. The monoisotopic (exact) mass is 324 g/mol. The summed E-state index contributed by atoms with van der Waals surface area (Å²) in [7, 11) is 0. The fourth-order valence-corrected chi connectivity index (χ4v) is 3.91. The van der Waals surface area contributed by atoms with Gasteiger partial charge in [0.15, 0.2) is 0 Å². The summed E-state index contributed by atoms with van der Waals surface area (Å²) in [5.41, 5.74) is 2.87. The highest BCUT2D eigenvalue weighted by Gasteiger charge is 2.18. The molecule has 0 nitrogen and oxygen atoms in total. The summed E-state index contributed by atoms with van der Waals surface area (Å²) in [5, 5.41) is 0.396. The Morgan fingerprint density at radius 3 is 2.29 bits per heavy atom. The van der Waals surface area contributed by atoms with Crippen molar-refractivity contribution in [3.8, 4) is 0 Å². The number of rotatable bonds is 2. The SMILES string of the molecule is Cc1cc(Cl)ccc1C(Cl)c1cc(Cl)sc1Cl. The first-order valence-electron chi connectivity index (χ1n) is 4.84. The van der Waals surface area contributed by atoms with Gasteiger partial charge in [-0.25, -0.2) is 0 Å². The van der Waals surface area contributed by atoms with Gasteiger partial charge in [-0.1, -0.05) is 40.9 Å². The maximum atomic E-state index is 6.43. The van der Waals surface area contributed by atoms with E-state index in [1.54, 1.807) is 6.07 Å². The Labute approximate surface area is 124 Å². The third-order valence-electron chi connectivity index (χ3n) is 2.46. The largest absolute Gasteiger partial charge is 0.112 e. The zero-order valence-electron chi connectivity index (χ0n) is 8.81. The van der Waals surface area contributed by atoms with Crippen LogP contribution in [0, 0.1) is 6.92 Å². The van der Waals surface area contributed by atoms with Gasteiger partial charge >= 0.3 is 0 Å². The van der Waals surface area contributed by atoms with E-state index in [1.165, 1.54) is 11.3 Å². The van der Waals surface area contributed by atoms with Gasteiger partial charge in [-0.05, 0) is 36.2 Å². The van der Waals surface area contributed by atoms with Gasteiger partial charge in [0.1, 0.15) is 0 Å². The second-order valence-electron chi connectivity index (χ2n) is 3.64. The molecule has 0 spiro atoms. The highest BCUT2D eigenvalue weighted by Crippen LogP contribution is 2.41. The minimum atomic E-state index is -0.302. The Morgan fingerprint density at radius 1 is 1.06 bits per heavy atom. The van der Waals surface area contributed by atoms with Gasteiger partial charge < -0.3 is 0 Å². The van der Waals surface area contributed by atoms with Crippen molar-refractivity contribution in [2.75, 3.05) is 0 Å². The summed E-state index contributed by atoms with van der Waals surface area (Å²) in [6.45, 7) is 1.97. The van der Waals surface area contributed by atoms with Crippen LogP contribution < -0.4 is 0 Å². The highest BCUT2D eigenvalue weighted by molar-refractivity contribution is 7.20. The van der Waals surface area contributed by atoms with Crippen LogP contribution in [0.2, 0.25) is 13.7 Å². The smallest absolute Gasteiger partial charge is 0.0994 e. The molecular formula is C12H8Cl4S. The molecule has 1 aromatic heterocycles. The Bertz CT molecular complexity index is 547. The molecule has 5 heteroatoms. The van der Waals surface area contributed by atoms with Crippen LogP contribution >= 0.6 is 57.7 Å². The summed E-state index contributed by atoms with van der Waals surface area (Å²) < 4.78 is 1.27. The van der Waals surface area contributed by atoms with E-state index in [2.05, 4.69) is 0 Å². The number of halogens is 4. The standard InChI is InChI=1S/C12H8Cl4S/c1-6-4-7(13)2-3-8(6)11(15)9-5-10(14)17-12(9)16/h2-5,11H,1H3. The van der Waals surface area contributed by atoms with Crippen molar-refractivity contribution in [2.45, 2.75) is 12.3 Å². The Kier molecular flexibility index (Phi) is 4.27. The second kappa shape index (κ2) is 5.38. The molecule has 0 bridgehead atoms. The lowest BCUT2D eigenvalue weighted by Crippen LogP contribution is -1.95. The first-order valence-corrected chi connectivity index (χ1v) is 7.22. The van der Waals surface area contributed by atoms with Crippen molar-refractivity contribution in [3.63, 3.8) is 0 Å².